The van der Waals surface area contributed by atoms with E-state index in [2.05, 4.69) is 11.4 Å². The Balaban J connectivity index is 1.91. The molecule has 1 atom stereocenters. The molecule has 0 aliphatic carbocycles. The van der Waals surface area contributed by atoms with Crippen LogP contribution < -0.4 is 5.32 Å². The van der Waals surface area contributed by atoms with Gasteiger partial charge in [0.25, 0.3) is 0 Å². The largest absolute Gasteiger partial charge is 0.434 e. The molecule has 3 nitrogen and oxygen atoms in total. The molecule has 19 heavy (non-hydrogen) atoms. The van der Waals surface area contributed by atoms with Gasteiger partial charge in [0.15, 0.2) is 0 Å². The Kier molecular flexibility index (Phi) is 2.75. The molecule has 2 aromatic rings. The lowest BCUT2D eigenvalue weighted by atomic mass is 10.1. The molecule has 0 saturated carbocycles. The number of ether oxygens (including phenoxy) is 1. The highest BCUT2D eigenvalue weighted by atomic mass is 16.6. The first-order chi connectivity index (χ1) is 9.13. The number of carbonyl (C=O) groups excluding carboxylic acids is 1. The SMILES string of the molecule is Cc1cc(C)cc(NC2OC(=O)c3ccccc32)c1. The molecule has 0 bridgehead atoms. The van der Waals surface area contributed by atoms with Crippen LogP contribution in [-0.2, 0) is 4.74 Å². The van der Waals surface area contributed by atoms with Crippen molar-refractivity contribution in [3.8, 4) is 0 Å². The number of benzene rings is 2. The Morgan fingerprint density at radius 1 is 1.05 bits per heavy atom. The van der Waals surface area contributed by atoms with E-state index in [4.69, 9.17) is 4.74 Å². The van der Waals surface area contributed by atoms with Crippen LogP contribution in [0.5, 0.6) is 0 Å². The molecule has 1 aliphatic heterocycles. The van der Waals surface area contributed by atoms with E-state index in [1.165, 1.54) is 11.1 Å². The van der Waals surface area contributed by atoms with Crippen LogP contribution in [-0.4, -0.2) is 5.97 Å². The van der Waals surface area contributed by atoms with Gasteiger partial charge < -0.3 is 10.1 Å². The van der Waals surface area contributed by atoms with Crippen LogP contribution in [0.15, 0.2) is 42.5 Å². The van der Waals surface area contributed by atoms with Gasteiger partial charge in [0.1, 0.15) is 0 Å². The molecule has 0 radical (unpaired) electrons. The summed E-state index contributed by atoms with van der Waals surface area (Å²) in [5.41, 5.74) is 4.86. The van der Waals surface area contributed by atoms with Crippen LogP contribution in [0.25, 0.3) is 0 Å². The number of nitrogens with one attached hydrogen (secondary N) is 1. The number of carbonyl (C=O) groups is 1. The normalized spacial score (nSPS) is 16.9. The number of rotatable bonds is 2. The van der Waals surface area contributed by atoms with Gasteiger partial charge in [-0.15, -0.1) is 0 Å². The summed E-state index contributed by atoms with van der Waals surface area (Å²) >= 11 is 0. The van der Waals surface area contributed by atoms with E-state index in [-0.39, 0.29) is 5.97 Å². The summed E-state index contributed by atoms with van der Waals surface area (Å²) in [6.07, 6.45) is -0.398. The minimum absolute atomic E-state index is 0.266. The summed E-state index contributed by atoms with van der Waals surface area (Å²) in [5, 5.41) is 3.27. The van der Waals surface area contributed by atoms with E-state index in [1.807, 2.05) is 44.2 Å². The maximum Gasteiger partial charge on any atom is 0.340 e. The number of fused-ring (bicyclic) bond motifs is 1. The van der Waals surface area contributed by atoms with Gasteiger partial charge in [-0.3, -0.25) is 0 Å². The molecule has 1 heterocycles. The van der Waals surface area contributed by atoms with Crippen molar-refractivity contribution >= 4 is 11.7 Å². The van der Waals surface area contributed by atoms with Crippen LogP contribution in [0.4, 0.5) is 5.69 Å². The lowest BCUT2D eigenvalue weighted by Crippen LogP contribution is -2.10. The molecular formula is C16H15NO2. The third-order valence-corrected chi connectivity index (χ3v) is 3.21. The predicted octanol–water partition coefficient (Wildman–Crippen LogP) is 3.58. The zero-order valence-corrected chi connectivity index (χ0v) is 10.9. The first kappa shape index (κ1) is 11.8. The van der Waals surface area contributed by atoms with Gasteiger partial charge in [0.05, 0.1) is 5.56 Å². The highest BCUT2D eigenvalue weighted by Crippen LogP contribution is 2.31. The third-order valence-electron chi connectivity index (χ3n) is 3.21. The lowest BCUT2D eigenvalue weighted by molar-refractivity contribution is 0.0437. The fourth-order valence-corrected chi connectivity index (χ4v) is 2.46. The summed E-state index contributed by atoms with van der Waals surface area (Å²) in [7, 11) is 0. The average Bonchev–Trinajstić information content (AvgIpc) is 2.66. The van der Waals surface area contributed by atoms with Gasteiger partial charge in [0, 0.05) is 11.3 Å². The second-order valence-corrected chi connectivity index (χ2v) is 4.89. The highest BCUT2D eigenvalue weighted by Gasteiger charge is 2.30. The van der Waals surface area contributed by atoms with E-state index in [0.29, 0.717) is 5.56 Å². The van der Waals surface area contributed by atoms with Crippen LogP contribution in [0.1, 0.15) is 33.3 Å². The second kappa shape index (κ2) is 4.43. The minimum atomic E-state index is -0.398. The van der Waals surface area contributed by atoms with E-state index >= 15 is 0 Å². The topological polar surface area (TPSA) is 38.3 Å². The first-order valence-electron chi connectivity index (χ1n) is 6.28. The van der Waals surface area contributed by atoms with Crippen LogP contribution in [0.2, 0.25) is 0 Å². The fourth-order valence-electron chi connectivity index (χ4n) is 2.46. The van der Waals surface area contributed by atoms with E-state index in [0.717, 1.165) is 11.3 Å². The molecule has 1 aliphatic rings. The van der Waals surface area contributed by atoms with Gasteiger partial charge >= 0.3 is 5.97 Å². The Hall–Kier alpha value is -2.29. The van der Waals surface area contributed by atoms with Crippen molar-refractivity contribution in [3.05, 3.63) is 64.7 Å². The van der Waals surface area contributed by atoms with E-state index in [9.17, 15) is 4.79 Å². The molecule has 3 heteroatoms. The van der Waals surface area contributed by atoms with Crippen molar-refractivity contribution in [3.63, 3.8) is 0 Å². The number of anilines is 1. The predicted molar refractivity (Wildman–Crippen MR) is 74.1 cm³/mol. The minimum Gasteiger partial charge on any atom is -0.434 e. The number of aryl methyl sites for hydroxylation is 2. The number of hydrogen-bond donors (Lipinski definition) is 1. The van der Waals surface area contributed by atoms with Gasteiger partial charge in [-0.2, -0.15) is 0 Å². The molecule has 96 valence electrons. The zero-order chi connectivity index (χ0) is 13.4. The van der Waals surface area contributed by atoms with Crippen molar-refractivity contribution in [1.82, 2.24) is 0 Å². The van der Waals surface area contributed by atoms with Crippen LogP contribution in [0, 0.1) is 13.8 Å². The average molecular weight is 253 g/mol. The number of hydrogen-bond acceptors (Lipinski definition) is 3. The van der Waals surface area contributed by atoms with Crippen molar-refractivity contribution < 1.29 is 9.53 Å². The maximum atomic E-state index is 11.7. The zero-order valence-electron chi connectivity index (χ0n) is 10.9. The van der Waals surface area contributed by atoms with Crippen LogP contribution >= 0.6 is 0 Å². The second-order valence-electron chi connectivity index (χ2n) is 4.89. The molecule has 2 aromatic carbocycles. The maximum absolute atomic E-state index is 11.7. The summed E-state index contributed by atoms with van der Waals surface area (Å²) < 4.78 is 5.37. The lowest BCUT2D eigenvalue weighted by Gasteiger charge is -2.15. The first-order valence-corrected chi connectivity index (χ1v) is 6.28. The molecule has 1 unspecified atom stereocenters. The Morgan fingerprint density at radius 3 is 2.47 bits per heavy atom. The van der Waals surface area contributed by atoms with Gasteiger partial charge in [-0.05, 0) is 43.2 Å². The molecule has 1 N–H and O–H groups in total. The van der Waals surface area contributed by atoms with Crippen molar-refractivity contribution in [2.24, 2.45) is 0 Å². The summed E-state index contributed by atoms with van der Waals surface area (Å²) in [6.45, 7) is 4.10. The van der Waals surface area contributed by atoms with Crippen molar-refractivity contribution in [1.29, 1.82) is 0 Å². The van der Waals surface area contributed by atoms with Gasteiger partial charge in [0.2, 0.25) is 6.23 Å². The highest BCUT2D eigenvalue weighted by molar-refractivity contribution is 5.94. The third kappa shape index (κ3) is 2.19. The Bertz CT molecular complexity index is 629. The van der Waals surface area contributed by atoms with E-state index in [1.54, 1.807) is 6.07 Å². The summed E-state index contributed by atoms with van der Waals surface area (Å²) in [6, 6.07) is 13.7. The quantitative estimate of drug-likeness (QED) is 0.831. The molecule has 0 spiro atoms. The smallest absolute Gasteiger partial charge is 0.340 e. The van der Waals surface area contributed by atoms with Gasteiger partial charge in [-0.25, -0.2) is 4.79 Å². The van der Waals surface area contributed by atoms with E-state index < -0.39 is 6.23 Å². The van der Waals surface area contributed by atoms with Crippen LogP contribution in [0.3, 0.4) is 0 Å². The summed E-state index contributed by atoms with van der Waals surface area (Å²) in [4.78, 5) is 11.7. The molecule has 3 rings (SSSR count). The molecule has 0 saturated heterocycles. The Morgan fingerprint density at radius 2 is 1.74 bits per heavy atom. The standard InChI is InChI=1S/C16H15NO2/c1-10-7-11(2)9-12(8-10)17-15-13-5-3-4-6-14(13)16(18)19-15/h3-9,15,17H,1-2H3. The van der Waals surface area contributed by atoms with Gasteiger partial charge in [-0.1, -0.05) is 24.3 Å². The van der Waals surface area contributed by atoms with Crippen molar-refractivity contribution in [2.75, 3.05) is 5.32 Å². The number of cyclic esters (lactones) is 1. The molecule has 0 aromatic heterocycles. The molecular weight excluding hydrogens is 238 g/mol. The molecule has 0 fully saturated rings. The summed E-state index contributed by atoms with van der Waals surface area (Å²) in [5.74, 6) is -0.266. The van der Waals surface area contributed by atoms with Crippen molar-refractivity contribution in [2.45, 2.75) is 20.1 Å². The monoisotopic (exact) mass is 253 g/mol. The number of esters is 1. The Labute approximate surface area is 112 Å². The molecule has 0 amide bonds. The fraction of sp³-hybridized carbons (Fsp3) is 0.188.